The molecule has 20 heavy (non-hydrogen) atoms. The molecule has 116 valence electrons. The van der Waals surface area contributed by atoms with Crippen LogP contribution in [0.15, 0.2) is 0 Å². The van der Waals surface area contributed by atoms with Crippen LogP contribution in [-0.2, 0) is 0 Å². The number of nitrogens with one attached hydrogen (secondary N) is 1. The van der Waals surface area contributed by atoms with Gasteiger partial charge in [-0.2, -0.15) is 23.5 Å². The third-order valence-corrected chi connectivity index (χ3v) is 8.17. The lowest BCUT2D eigenvalue weighted by atomic mass is 9.79. The summed E-state index contributed by atoms with van der Waals surface area (Å²) in [4.78, 5) is 2.85. The van der Waals surface area contributed by atoms with E-state index in [0.29, 0.717) is 5.54 Å². The van der Waals surface area contributed by atoms with Crippen LogP contribution in [0.2, 0.25) is 0 Å². The summed E-state index contributed by atoms with van der Waals surface area (Å²) in [6.07, 6.45) is 8.44. The molecule has 0 bridgehead atoms. The van der Waals surface area contributed by atoms with Crippen LogP contribution in [0.3, 0.4) is 0 Å². The second-order valence-electron chi connectivity index (χ2n) is 6.78. The van der Waals surface area contributed by atoms with Crippen molar-refractivity contribution in [2.45, 2.75) is 62.3 Å². The second-order valence-corrected chi connectivity index (χ2v) is 9.34. The Bertz CT molecular complexity index is 299. The lowest BCUT2D eigenvalue weighted by Crippen LogP contribution is -2.65. The lowest BCUT2D eigenvalue weighted by Gasteiger charge is -2.50. The molecule has 2 saturated heterocycles. The molecule has 0 amide bonds. The second kappa shape index (κ2) is 7.26. The Balaban J connectivity index is 1.61. The number of piperazine rings is 1. The number of thioether (sulfide) groups is 2. The van der Waals surface area contributed by atoms with Crippen molar-refractivity contribution in [3.8, 4) is 0 Å². The van der Waals surface area contributed by atoms with Gasteiger partial charge in [-0.3, -0.25) is 4.90 Å². The Morgan fingerprint density at radius 2 is 2.05 bits per heavy atom. The molecule has 0 aromatic carbocycles. The first-order valence-corrected chi connectivity index (χ1v) is 10.7. The van der Waals surface area contributed by atoms with E-state index in [-0.39, 0.29) is 0 Å². The highest BCUT2D eigenvalue weighted by Crippen LogP contribution is 2.33. The highest BCUT2D eigenvalue weighted by Gasteiger charge is 2.39. The summed E-state index contributed by atoms with van der Waals surface area (Å²) in [6.45, 7) is 6.23. The van der Waals surface area contributed by atoms with Crippen LogP contribution in [0.5, 0.6) is 0 Å². The maximum absolute atomic E-state index is 3.95. The topological polar surface area (TPSA) is 15.3 Å². The van der Waals surface area contributed by atoms with Crippen molar-refractivity contribution in [3.63, 3.8) is 0 Å². The zero-order valence-electron chi connectivity index (χ0n) is 12.9. The van der Waals surface area contributed by atoms with Gasteiger partial charge in [0.15, 0.2) is 0 Å². The SMILES string of the molecule is CCC1CNC2(CCCCC2)CN1CC1CSCCS1. The number of hydrogen-bond donors (Lipinski definition) is 1. The van der Waals surface area contributed by atoms with Crippen molar-refractivity contribution >= 4 is 23.5 Å². The van der Waals surface area contributed by atoms with E-state index in [0.717, 1.165) is 11.3 Å². The average Bonchev–Trinajstić information content (AvgIpc) is 2.49. The standard InChI is InChI=1S/C16H30N2S2/c1-2-14-10-17-16(6-4-3-5-7-16)13-18(14)11-15-12-19-8-9-20-15/h14-15,17H,2-13H2,1H3. The van der Waals surface area contributed by atoms with Gasteiger partial charge >= 0.3 is 0 Å². The number of hydrogen-bond acceptors (Lipinski definition) is 4. The molecule has 1 saturated carbocycles. The van der Waals surface area contributed by atoms with Gasteiger partial charge in [-0.1, -0.05) is 26.2 Å². The number of rotatable bonds is 3. The van der Waals surface area contributed by atoms with E-state index in [2.05, 4.69) is 40.7 Å². The Labute approximate surface area is 133 Å². The summed E-state index contributed by atoms with van der Waals surface area (Å²) < 4.78 is 0. The van der Waals surface area contributed by atoms with Gasteiger partial charge < -0.3 is 5.32 Å². The van der Waals surface area contributed by atoms with Crippen LogP contribution in [-0.4, -0.2) is 58.6 Å². The third kappa shape index (κ3) is 3.68. The molecular weight excluding hydrogens is 284 g/mol. The minimum absolute atomic E-state index is 0.469. The molecule has 0 aromatic heterocycles. The van der Waals surface area contributed by atoms with Crippen LogP contribution < -0.4 is 5.32 Å². The van der Waals surface area contributed by atoms with Crippen molar-refractivity contribution < 1.29 is 0 Å². The van der Waals surface area contributed by atoms with Gasteiger partial charge in [-0.05, 0) is 19.3 Å². The molecule has 2 nitrogen and oxygen atoms in total. The Hall–Kier alpha value is 0.620. The molecule has 3 rings (SSSR count). The normalized spacial score (nSPS) is 35.2. The predicted molar refractivity (Wildman–Crippen MR) is 93.0 cm³/mol. The largest absolute Gasteiger partial charge is 0.308 e. The van der Waals surface area contributed by atoms with Gasteiger partial charge in [0.05, 0.1) is 0 Å². The van der Waals surface area contributed by atoms with E-state index in [1.165, 1.54) is 75.4 Å². The summed E-state index contributed by atoms with van der Waals surface area (Å²) in [5.74, 6) is 4.10. The van der Waals surface area contributed by atoms with E-state index in [4.69, 9.17) is 0 Å². The van der Waals surface area contributed by atoms with Gasteiger partial charge in [0.1, 0.15) is 0 Å². The molecule has 0 aromatic rings. The highest BCUT2D eigenvalue weighted by molar-refractivity contribution is 8.06. The van der Waals surface area contributed by atoms with Crippen molar-refractivity contribution in [1.29, 1.82) is 0 Å². The minimum atomic E-state index is 0.469. The van der Waals surface area contributed by atoms with Gasteiger partial charge in [0.2, 0.25) is 0 Å². The average molecular weight is 315 g/mol. The first-order chi connectivity index (χ1) is 9.81. The molecular formula is C16H30N2S2. The zero-order chi connectivity index (χ0) is 13.8. The fourth-order valence-corrected chi connectivity index (χ4v) is 6.82. The quantitative estimate of drug-likeness (QED) is 0.860. The lowest BCUT2D eigenvalue weighted by molar-refractivity contribution is 0.0554. The van der Waals surface area contributed by atoms with Gasteiger partial charge in [-0.25, -0.2) is 0 Å². The van der Waals surface area contributed by atoms with Crippen molar-refractivity contribution in [1.82, 2.24) is 10.2 Å². The van der Waals surface area contributed by atoms with E-state index in [1.54, 1.807) is 0 Å². The zero-order valence-corrected chi connectivity index (χ0v) is 14.5. The van der Waals surface area contributed by atoms with Crippen molar-refractivity contribution in [2.75, 3.05) is 36.9 Å². The van der Waals surface area contributed by atoms with Crippen LogP contribution in [0.1, 0.15) is 45.4 Å². The molecule has 2 atom stereocenters. The van der Waals surface area contributed by atoms with Gasteiger partial charge in [0.25, 0.3) is 0 Å². The highest BCUT2D eigenvalue weighted by atomic mass is 32.2. The number of nitrogens with zero attached hydrogens (tertiary/aromatic N) is 1. The molecule has 1 aliphatic carbocycles. The van der Waals surface area contributed by atoms with E-state index in [1.807, 2.05) is 0 Å². The summed E-state index contributed by atoms with van der Waals surface area (Å²) in [5.41, 5.74) is 0.469. The minimum Gasteiger partial charge on any atom is -0.308 e. The van der Waals surface area contributed by atoms with Gasteiger partial charge in [0, 0.05) is 53.7 Å². The fourth-order valence-electron chi connectivity index (χ4n) is 4.12. The third-order valence-electron chi connectivity index (χ3n) is 5.34. The molecule has 2 unspecified atom stereocenters. The summed E-state index contributed by atoms with van der Waals surface area (Å²) >= 11 is 4.39. The molecule has 2 aliphatic heterocycles. The maximum Gasteiger partial charge on any atom is 0.0309 e. The predicted octanol–water partition coefficient (Wildman–Crippen LogP) is 3.22. The Kier molecular flexibility index (Phi) is 5.63. The molecule has 0 radical (unpaired) electrons. The summed E-state index contributed by atoms with van der Waals surface area (Å²) in [7, 11) is 0. The Morgan fingerprint density at radius 1 is 1.20 bits per heavy atom. The van der Waals surface area contributed by atoms with Crippen LogP contribution in [0.4, 0.5) is 0 Å². The monoisotopic (exact) mass is 314 g/mol. The molecule has 1 spiro atoms. The first-order valence-electron chi connectivity index (χ1n) is 8.50. The van der Waals surface area contributed by atoms with E-state index < -0.39 is 0 Å². The maximum atomic E-state index is 3.95. The molecule has 2 heterocycles. The van der Waals surface area contributed by atoms with Crippen molar-refractivity contribution in [2.24, 2.45) is 0 Å². The Morgan fingerprint density at radius 3 is 2.75 bits per heavy atom. The molecule has 3 aliphatic rings. The fraction of sp³-hybridized carbons (Fsp3) is 1.00. The molecule has 1 N–H and O–H groups in total. The molecule has 3 fully saturated rings. The van der Waals surface area contributed by atoms with Crippen molar-refractivity contribution in [3.05, 3.63) is 0 Å². The summed E-state index contributed by atoms with van der Waals surface area (Å²) in [6, 6.07) is 0.773. The van der Waals surface area contributed by atoms with E-state index >= 15 is 0 Å². The smallest absolute Gasteiger partial charge is 0.0309 e. The van der Waals surface area contributed by atoms with Crippen LogP contribution >= 0.6 is 23.5 Å². The van der Waals surface area contributed by atoms with Gasteiger partial charge in [-0.15, -0.1) is 0 Å². The van der Waals surface area contributed by atoms with Crippen LogP contribution in [0, 0.1) is 0 Å². The van der Waals surface area contributed by atoms with Crippen LogP contribution in [0.25, 0.3) is 0 Å². The van der Waals surface area contributed by atoms with E-state index in [9.17, 15) is 0 Å². The first kappa shape index (κ1) is 15.5. The molecule has 4 heteroatoms. The summed E-state index contributed by atoms with van der Waals surface area (Å²) in [5, 5.41) is 4.83.